The molecule has 1 radical (unpaired) electrons. The molecule has 0 heterocycles. The van der Waals surface area contributed by atoms with Crippen LogP contribution in [0.2, 0.25) is 0 Å². The van der Waals surface area contributed by atoms with Gasteiger partial charge in [0.15, 0.2) is 0 Å². The molecule has 2 amide bonds. The fourth-order valence-corrected chi connectivity index (χ4v) is 1.11. The number of hydrogen-bond donors (Lipinski definition) is 1. The van der Waals surface area contributed by atoms with Crippen LogP contribution in [-0.2, 0) is 16.0 Å². The summed E-state index contributed by atoms with van der Waals surface area (Å²) in [5, 5.41) is 2.17. The highest BCUT2D eigenvalue weighted by Gasteiger charge is 2.03. The molecule has 0 bridgehead atoms. The van der Waals surface area contributed by atoms with Crippen LogP contribution in [0.5, 0.6) is 0 Å². The zero-order valence-corrected chi connectivity index (χ0v) is 8.73. The normalized spacial score (nSPS) is 9.50. The van der Waals surface area contributed by atoms with Gasteiger partial charge in [0.25, 0.3) is 5.91 Å². The smallest absolute Gasteiger partial charge is 0.407 e. The molecule has 0 saturated carbocycles. The molecule has 1 rings (SSSR count). The second-order valence-corrected chi connectivity index (χ2v) is 3.15. The van der Waals surface area contributed by atoms with E-state index >= 15 is 0 Å². The topological polar surface area (TPSA) is 79.2 Å². The minimum atomic E-state index is -0.847. The Kier molecular flexibility index (Phi) is 4.85. The zero-order valence-electron chi connectivity index (χ0n) is 8.73. The Balaban J connectivity index is 2.16. The van der Waals surface area contributed by atoms with Crippen molar-refractivity contribution in [3.8, 4) is 0 Å². The summed E-state index contributed by atoms with van der Waals surface area (Å²) in [5.41, 5.74) is 7.65. The van der Waals surface area contributed by atoms with Gasteiger partial charge in [-0.05, 0) is 5.56 Å². The van der Waals surface area contributed by atoms with Crippen molar-refractivity contribution in [1.82, 2.24) is 11.1 Å². The number of ether oxygens (including phenoxy) is 1. The first-order chi connectivity index (χ1) is 7.68. The minimum absolute atomic E-state index is 0.252. The van der Waals surface area contributed by atoms with Crippen molar-refractivity contribution in [3.05, 3.63) is 35.9 Å². The Morgan fingerprint density at radius 1 is 1.25 bits per heavy atom. The van der Waals surface area contributed by atoms with E-state index in [0.717, 1.165) is 5.56 Å². The summed E-state index contributed by atoms with van der Waals surface area (Å²) >= 11 is 0. The lowest BCUT2D eigenvalue weighted by Gasteiger charge is -2.05. The number of carbonyl (C=O) groups is 2. The van der Waals surface area contributed by atoms with Crippen LogP contribution in [0.15, 0.2) is 30.3 Å². The summed E-state index contributed by atoms with van der Waals surface area (Å²) in [6.45, 7) is -0.0633. The van der Waals surface area contributed by atoms with E-state index < -0.39 is 12.0 Å². The molecule has 0 spiro atoms. The van der Waals surface area contributed by atoms with Gasteiger partial charge in [-0.15, -0.1) is 0 Å². The molecule has 1 aromatic carbocycles. The summed E-state index contributed by atoms with van der Waals surface area (Å²) in [6, 6.07) is 9.61. The molecule has 1 aromatic rings. The van der Waals surface area contributed by atoms with E-state index in [2.05, 4.69) is 5.32 Å². The third kappa shape index (κ3) is 4.99. The Morgan fingerprint density at radius 3 is 2.56 bits per heavy atom. The van der Waals surface area contributed by atoms with Gasteiger partial charge in [-0.2, -0.15) is 0 Å². The Morgan fingerprint density at radius 2 is 1.94 bits per heavy atom. The molecule has 0 saturated heterocycles. The minimum Gasteiger partial charge on any atom is -0.449 e. The Labute approximate surface area is 93.6 Å². The van der Waals surface area contributed by atoms with Crippen LogP contribution in [-0.4, -0.2) is 25.2 Å². The maximum absolute atomic E-state index is 11.0. The lowest BCUT2D eigenvalue weighted by molar-refractivity contribution is -0.117. The number of rotatable bonds is 5. The number of hydrogen-bond acceptors (Lipinski definition) is 3. The number of alkyl carbamates (subject to hydrolysis) is 1. The Bertz CT molecular complexity index is 352. The van der Waals surface area contributed by atoms with E-state index in [0.29, 0.717) is 6.42 Å². The van der Waals surface area contributed by atoms with E-state index in [9.17, 15) is 9.59 Å². The first-order valence-corrected chi connectivity index (χ1v) is 4.87. The van der Waals surface area contributed by atoms with Crippen LogP contribution in [0.1, 0.15) is 5.56 Å². The lowest BCUT2D eigenvalue weighted by Crippen LogP contribution is -2.30. The summed E-state index contributed by atoms with van der Waals surface area (Å²) in [4.78, 5) is 21.2. The third-order valence-electron chi connectivity index (χ3n) is 1.86. The number of benzene rings is 1. The van der Waals surface area contributed by atoms with Gasteiger partial charge in [-0.1, -0.05) is 30.3 Å². The van der Waals surface area contributed by atoms with Crippen molar-refractivity contribution in [2.75, 3.05) is 13.2 Å². The maximum atomic E-state index is 11.0. The first kappa shape index (κ1) is 12.0. The van der Waals surface area contributed by atoms with Crippen LogP contribution in [0.4, 0.5) is 4.79 Å². The van der Waals surface area contributed by atoms with Gasteiger partial charge in [-0.3, -0.25) is 10.5 Å². The third-order valence-corrected chi connectivity index (χ3v) is 1.86. The Hall–Kier alpha value is -2.04. The summed E-state index contributed by atoms with van der Waals surface area (Å²) in [6.07, 6.45) is -0.0418. The van der Waals surface area contributed by atoms with Gasteiger partial charge >= 0.3 is 6.09 Å². The molecule has 5 nitrogen and oxygen atoms in total. The molecule has 0 unspecified atom stereocenters. The molecule has 85 valence electrons. The second kappa shape index (κ2) is 6.44. The van der Waals surface area contributed by atoms with Crippen LogP contribution in [0, 0.1) is 0 Å². The molecule has 0 aliphatic heterocycles. The summed E-state index contributed by atoms with van der Waals surface area (Å²) in [7, 11) is 0. The average molecular weight is 221 g/mol. The quantitative estimate of drug-likeness (QED) is 0.797. The summed E-state index contributed by atoms with van der Waals surface area (Å²) in [5.74, 6) is -0.847. The molecule has 0 aliphatic rings. The monoisotopic (exact) mass is 221 g/mol. The molecular weight excluding hydrogens is 208 g/mol. The molecule has 2 N–H and O–H groups in total. The van der Waals surface area contributed by atoms with Crippen molar-refractivity contribution in [2.45, 2.75) is 6.42 Å². The lowest BCUT2D eigenvalue weighted by atomic mass is 10.2. The van der Waals surface area contributed by atoms with Crippen molar-refractivity contribution in [2.24, 2.45) is 0 Å². The van der Waals surface area contributed by atoms with Crippen molar-refractivity contribution < 1.29 is 14.3 Å². The van der Waals surface area contributed by atoms with Crippen molar-refractivity contribution in [1.29, 1.82) is 0 Å². The second-order valence-electron chi connectivity index (χ2n) is 3.15. The van der Waals surface area contributed by atoms with Gasteiger partial charge in [0, 0.05) is 6.42 Å². The summed E-state index contributed by atoms with van der Waals surface area (Å²) < 4.78 is 4.81. The van der Waals surface area contributed by atoms with Crippen LogP contribution in [0.25, 0.3) is 0 Å². The van der Waals surface area contributed by atoms with Crippen LogP contribution >= 0.6 is 0 Å². The molecular formula is C11H13N2O3. The van der Waals surface area contributed by atoms with Gasteiger partial charge in [0.1, 0.15) is 6.54 Å². The predicted octanol–water partition coefficient (Wildman–Crippen LogP) is 0.765. The van der Waals surface area contributed by atoms with E-state index in [1.807, 2.05) is 30.3 Å². The van der Waals surface area contributed by atoms with E-state index in [1.54, 1.807) is 0 Å². The molecule has 16 heavy (non-hydrogen) atoms. The number of nitrogens with one attached hydrogen (secondary N) is 2. The van der Waals surface area contributed by atoms with Crippen LogP contribution < -0.4 is 11.1 Å². The maximum Gasteiger partial charge on any atom is 0.407 e. The van der Waals surface area contributed by atoms with Gasteiger partial charge in [0.05, 0.1) is 6.61 Å². The zero-order chi connectivity index (χ0) is 11.8. The van der Waals surface area contributed by atoms with Crippen LogP contribution in [0.3, 0.4) is 0 Å². The van der Waals surface area contributed by atoms with Gasteiger partial charge < -0.3 is 10.1 Å². The first-order valence-electron chi connectivity index (χ1n) is 4.87. The molecule has 0 atom stereocenters. The highest BCUT2D eigenvalue weighted by Crippen LogP contribution is 1.99. The number of carbonyl (C=O) groups excluding carboxylic acids is 2. The van der Waals surface area contributed by atoms with Gasteiger partial charge in [0.2, 0.25) is 0 Å². The van der Waals surface area contributed by atoms with Crippen molar-refractivity contribution in [3.63, 3.8) is 0 Å². The van der Waals surface area contributed by atoms with Gasteiger partial charge in [-0.25, -0.2) is 4.79 Å². The fraction of sp³-hybridized carbons (Fsp3) is 0.273. The molecule has 0 aromatic heterocycles. The van der Waals surface area contributed by atoms with E-state index in [-0.39, 0.29) is 13.2 Å². The van der Waals surface area contributed by atoms with Crippen molar-refractivity contribution >= 4 is 12.0 Å². The molecule has 5 heteroatoms. The van der Waals surface area contributed by atoms with E-state index in [1.165, 1.54) is 0 Å². The molecule has 0 fully saturated rings. The highest BCUT2D eigenvalue weighted by atomic mass is 16.5. The largest absolute Gasteiger partial charge is 0.449 e. The molecule has 0 aliphatic carbocycles. The SMILES string of the molecule is [NH]C(=O)CNC(=O)OCCc1ccccc1. The fourth-order valence-electron chi connectivity index (χ4n) is 1.11. The predicted molar refractivity (Wildman–Crippen MR) is 57.6 cm³/mol. The highest BCUT2D eigenvalue weighted by molar-refractivity contribution is 5.79. The average Bonchev–Trinajstić information content (AvgIpc) is 2.28. The van der Waals surface area contributed by atoms with E-state index in [4.69, 9.17) is 10.5 Å². The standard InChI is InChI=1S/C11H13N2O3/c12-10(14)8-13-11(15)16-7-6-9-4-2-1-3-5-9/h1-5,12H,6-8H2,(H,13,15). The number of amides is 2.